The van der Waals surface area contributed by atoms with Crippen molar-refractivity contribution in [2.24, 2.45) is 0 Å². The number of aryl methyl sites for hydroxylation is 1. The van der Waals surface area contributed by atoms with Gasteiger partial charge in [0, 0.05) is 22.8 Å². The highest BCUT2D eigenvalue weighted by Crippen LogP contribution is 2.28. The third-order valence-corrected chi connectivity index (χ3v) is 6.54. The molecule has 2 aromatic heterocycles. The first-order valence-corrected chi connectivity index (χ1v) is 11.3. The van der Waals surface area contributed by atoms with Gasteiger partial charge in [0.25, 0.3) is 0 Å². The molecule has 1 N–H and O–H groups in total. The van der Waals surface area contributed by atoms with E-state index in [-0.39, 0.29) is 23.1 Å². The minimum Gasteiger partial charge on any atom is -0.337 e. The van der Waals surface area contributed by atoms with Gasteiger partial charge in [0.05, 0.1) is 10.6 Å². The van der Waals surface area contributed by atoms with Crippen LogP contribution in [0.3, 0.4) is 0 Å². The van der Waals surface area contributed by atoms with Crippen molar-refractivity contribution in [1.29, 1.82) is 0 Å². The number of carbonyl (C=O) groups excluding carboxylic acids is 1. The number of nitrogens with one attached hydrogen (secondary N) is 1. The van der Waals surface area contributed by atoms with Crippen LogP contribution in [0, 0.1) is 12.7 Å². The van der Waals surface area contributed by atoms with Gasteiger partial charge in [-0.2, -0.15) is 0 Å². The lowest BCUT2D eigenvalue weighted by molar-refractivity contribution is -0.116. The number of fused-ring (bicyclic) bond motifs is 1. The lowest BCUT2D eigenvalue weighted by Gasteiger charge is -2.07. The zero-order valence-electron chi connectivity index (χ0n) is 16.7. The van der Waals surface area contributed by atoms with Crippen LogP contribution < -0.4 is 5.32 Å². The molecule has 0 unspecified atom stereocenters. The van der Waals surface area contributed by atoms with Crippen molar-refractivity contribution in [3.8, 4) is 0 Å². The van der Waals surface area contributed by atoms with Gasteiger partial charge in [0.2, 0.25) is 5.91 Å². The zero-order chi connectivity index (χ0) is 22.0. The Kier molecular flexibility index (Phi) is 5.56. The Morgan fingerprint density at radius 1 is 1.03 bits per heavy atom. The largest absolute Gasteiger partial charge is 0.337 e. The minimum absolute atomic E-state index is 0.0673. The summed E-state index contributed by atoms with van der Waals surface area (Å²) in [6.45, 7) is 1.76. The van der Waals surface area contributed by atoms with Crippen LogP contribution in [-0.2, 0) is 26.9 Å². The quantitative estimate of drug-likeness (QED) is 0.493. The van der Waals surface area contributed by atoms with Crippen molar-refractivity contribution in [3.63, 3.8) is 0 Å². The standard InChI is InChI=1S/C23H20FN3O3S/c1-16-5-4-8-22(25-16)26-23(28)14-27-13-21(19-6-2-3-7-20(19)27)31(29,30)15-17-9-11-18(24)12-10-17/h2-13H,14-15H2,1H3,(H,25,26,28). The number of pyridine rings is 1. The summed E-state index contributed by atoms with van der Waals surface area (Å²) < 4.78 is 41.0. The summed E-state index contributed by atoms with van der Waals surface area (Å²) in [4.78, 5) is 16.9. The van der Waals surface area contributed by atoms with Crippen molar-refractivity contribution in [2.75, 3.05) is 5.32 Å². The molecule has 4 rings (SSSR count). The van der Waals surface area contributed by atoms with E-state index in [1.54, 1.807) is 41.0 Å². The molecule has 0 saturated carbocycles. The van der Waals surface area contributed by atoms with E-state index in [0.29, 0.717) is 22.3 Å². The number of aromatic nitrogens is 2. The van der Waals surface area contributed by atoms with Crippen LogP contribution >= 0.6 is 0 Å². The number of sulfone groups is 1. The Morgan fingerprint density at radius 2 is 1.77 bits per heavy atom. The van der Waals surface area contributed by atoms with Crippen LogP contribution in [0.1, 0.15) is 11.3 Å². The Hall–Kier alpha value is -3.52. The molecule has 0 fully saturated rings. The first-order valence-electron chi connectivity index (χ1n) is 9.60. The SMILES string of the molecule is Cc1cccc(NC(=O)Cn2cc(S(=O)(=O)Cc3ccc(F)cc3)c3ccccc32)n1. The van der Waals surface area contributed by atoms with E-state index in [1.165, 1.54) is 30.5 Å². The van der Waals surface area contributed by atoms with E-state index >= 15 is 0 Å². The molecule has 0 radical (unpaired) electrons. The fourth-order valence-corrected chi connectivity index (χ4v) is 5.00. The van der Waals surface area contributed by atoms with Gasteiger partial charge in [0.1, 0.15) is 18.2 Å². The maximum absolute atomic E-state index is 13.2. The number of halogens is 1. The molecule has 0 spiro atoms. The molecule has 0 aliphatic carbocycles. The van der Waals surface area contributed by atoms with Crippen LogP contribution in [-0.4, -0.2) is 23.9 Å². The summed E-state index contributed by atoms with van der Waals surface area (Å²) in [5, 5.41) is 3.27. The number of hydrogen-bond donors (Lipinski definition) is 1. The van der Waals surface area contributed by atoms with Gasteiger partial charge in [0.15, 0.2) is 9.84 Å². The molecule has 4 aromatic rings. The summed E-state index contributed by atoms with van der Waals surface area (Å²) in [5.41, 5.74) is 1.90. The van der Waals surface area contributed by atoms with Gasteiger partial charge in [-0.25, -0.2) is 17.8 Å². The molecule has 8 heteroatoms. The van der Waals surface area contributed by atoms with Gasteiger partial charge < -0.3 is 9.88 Å². The summed E-state index contributed by atoms with van der Waals surface area (Å²) in [6.07, 6.45) is 1.48. The highest BCUT2D eigenvalue weighted by Gasteiger charge is 2.22. The van der Waals surface area contributed by atoms with Crippen LogP contribution in [0.2, 0.25) is 0 Å². The Morgan fingerprint density at radius 3 is 2.52 bits per heavy atom. The summed E-state index contributed by atoms with van der Waals surface area (Å²) >= 11 is 0. The van der Waals surface area contributed by atoms with Gasteiger partial charge in [-0.1, -0.05) is 36.4 Å². The molecule has 0 bridgehead atoms. The number of carbonyl (C=O) groups is 1. The Balaban J connectivity index is 1.64. The van der Waals surface area contributed by atoms with Crippen LogP contribution in [0.25, 0.3) is 10.9 Å². The molecule has 31 heavy (non-hydrogen) atoms. The predicted molar refractivity (Wildman–Crippen MR) is 117 cm³/mol. The molecule has 0 aliphatic heterocycles. The van der Waals surface area contributed by atoms with E-state index in [1.807, 2.05) is 13.0 Å². The average molecular weight is 437 g/mol. The van der Waals surface area contributed by atoms with Crippen molar-refractivity contribution in [1.82, 2.24) is 9.55 Å². The number of nitrogens with zero attached hydrogens (tertiary/aromatic N) is 2. The molecular formula is C23H20FN3O3S. The normalized spacial score (nSPS) is 11.5. The second-order valence-electron chi connectivity index (χ2n) is 7.24. The van der Waals surface area contributed by atoms with Crippen molar-refractivity contribution >= 4 is 32.5 Å². The Bertz CT molecular complexity index is 1360. The lowest BCUT2D eigenvalue weighted by Crippen LogP contribution is -2.19. The summed E-state index contributed by atoms with van der Waals surface area (Å²) in [6, 6.07) is 17.7. The summed E-state index contributed by atoms with van der Waals surface area (Å²) in [7, 11) is -3.72. The van der Waals surface area contributed by atoms with Crippen molar-refractivity contribution in [3.05, 3.63) is 90.0 Å². The summed E-state index contributed by atoms with van der Waals surface area (Å²) in [5.74, 6) is -0.570. The van der Waals surface area contributed by atoms with E-state index in [2.05, 4.69) is 10.3 Å². The number of hydrogen-bond acceptors (Lipinski definition) is 4. The van der Waals surface area contributed by atoms with E-state index < -0.39 is 15.7 Å². The topological polar surface area (TPSA) is 81.1 Å². The average Bonchev–Trinajstić information content (AvgIpc) is 3.09. The second-order valence-corrected chi connectivity index (χ2v) is 9.19. The second kappa shape index (κ2) is 8.31. The minimum atomic E-state index is -3.72. The maximum Gasteiger partial charge on any atom is 0.245 e. The molecule has 6 nitrogen and oxygen atoms in total. The third-order valence-electron chi connectivity index (χ3n) is 4.83. The van der Waals surface area contributed by atoms with Gasteiger partial charge in [-0.05, 0) is 42.8 Å². The molecule has 2 heterocycles. The van der Waals surface area contributed by atoms with E-state index in [4.69, 9.17) is 0 Å². The molecule has 0 aliphatic rings. The molecule has 0 atom stereocenters. The molecule has 2 aromatic carbocycles. The molecule has 0 saturated heterocycles. The third kappa shape index (κ3) is 4.64. The highest BCUT2D eigenvalue weighted by molar-refractivity contribution is 7.90. The monoisotopic (exact) mass is 437 g/mol. The smallest absolute Gasteiger partial charge is 0.245 e. The predicted octanol–water partition coefficient (Wildman–Crippen LogP) is 4.10. The van der Waals surface area contributed by atoms with Gasteiger partial charge >= 0.3 is 0 Å². The molecular weight excluding hydrogens is 417 g/mol. The van der Waals surface area contributed by atoms with E-state index in [9.17, 15) is 17.6 Å². The highest BCUT2D eigenvalue weighted by atomic mass is 32.2. The van der Waals surface area contributed by atoms with Gasteiger partial charge in [-0.3, -0.25) is 4.79 Å². The lowest BCUT2D eigenvalue weighted by atomic mass is 10.2. The van der Waals surface area contributed by atoms with Crippen LogP contribution in [0.4, 0.5) is 10.2 Å². The fourth-order valence-electron chi connectivity index (χ4n) is 3.42. The number of anilines is 1. The van der Waals surface area contributed by atoms with Crippen LogP contribution in [0.5, 0.6) is 0 Å². The van der Waals surface area contributed by atoms with Crippen molar-refractivity contribution < 1.29 is 17.6 Å². The first-order chi connectivity index (χ1) is 14.8. The zero-order valence-corrected chi connectivity index (χ0v) is 17.6. The van der Waals surface area contributed by atoms with Crippen LogP contribution in [0.15, 0.2) is 77.8 Å². The van der Waals surface area contributed by atoms with Crippen molar-refractivity contribution in [2.45, 2.75) is 24.1 Å². The number of amides is 1. The van der Waals surface area contributed by atoms with E-state index in [0.717, 1.165) is 5.69 Å². The van der Waals surface area contributed by atoms with Gasteiger partial charge in [-0.15, -0.1) is 0 Å². The molecule has 158 valence electrons. The fraction of sp³-hybridized carbons (Fsp3) is 0.130. The number of benzene rings is 2. The number of para-hydroxylation sites is 1. The Labute approximate surface area is 179 Å². The number of rotatable bonds is 6. The first kappa shape index (κ1) is 20.7. The molecule has 1 amide bonds. The maximum atomic E-state index is 13.2.